The largest absolute Gasteiger partial charge is 0.343 e. The molecule has 2 amide bonds. The highest BCUT2D eigenvalue weighted by molar-refractivity contribution is 5.97. The molecule has 0 fully saturated rings. The molecule has 0 radical (unpaired) electrons. The highest BCUT2D eigenvalue weighted by Gasteiger charge is 2.22. The fraction of sp³-hybridized carbons (Fsp3) is 0.529. The second kappa shape index (κ2) is 8.64. The number of nitrogens with two attached hydrogens (primary N) is 1. The quantitative estimate of drug-likeness (QED) is 0.704. The predicted octanol–water partition coefficient (Wildman–Crippen LogP) is 1.17. The minimum absolute atomic E-state index is 0.0227. The van der Waals surface area contributed by atoms with Crippen molar-refractivity contribution in [1.82, 2.24) is 10.2 Å². The van der Waals surface area contributed by atoms with Crippen molar-refractivity contribution in [2.24, 2.45) is 11.7 Å². The minimum atomic E-state index is -0.645. The third-order valence-corrected chi connectivity index (χ3v) is 3.49. The van der Waals surface area contributed by atoms with Crippen molar-refractivity contribution >= 4 is 17.5 Å². The van der Waals surface area contributed by atoms with Crippen LogP contribution in [0.3, 0.4) is 0 Å². The van der Waals surface area contributed by atoms with Gasteiger partial charge in [0.05, 0.1) is 6.04 Å². The number of amides is 2. The first-order valence-electron chi connectivity index (χ1n) is 7.81. The predicted molar refractivity (Wildman–Crippen MR) is 92.9 cm³/mol. The standard InChI is InChI=1S/C17H28N4O2/c1-11(2)15(18)17(23)19-12(3)16(22)20-14-8-6-13(7-9-14)10-21(4)5/h6-9,11-12,15H,10,18H2,1-5H3,(H,19,23)(H,20,22)/t12-,15-/m0/s1. The van der Waals surface area contributed by atoms with Crippen LogP contribution in [0.15, 0.2) is 24.3 Å². The van der Waals surface area contributed by atoms with E-state index in [4.69, 9.17) is 5.73 Å². The number of hydrogen-bond acceptors (Lipinski definition) is 4. The fourth-order valence-electron chi connectivity index (χ4n) is 1.99. The molecule has 23 heavy (non-hydrogen) atoms. The molecular formula is C17H28N4O2. The van der Waals surface area contributed by atoms with Crippen molar-refractivity contribution in [1.29, 1.82) is 0 Å². The smallest absolute Gasteiger partial charge is 0.246 e. The Bertz CT molecular complexity index is 526. The van der Waals surface area contributed by atoms with Crippen LogP contribution in [0.1, 0.15) is 26.3 Å². The molecule has 1 rings (SSSR count). The summed E-state index contributed by atoms with van der Waals surface area (Å²) in [6.07, 6.45) is 0. The van der Waals surface area contributed by atoms with E-state index in [-0.39, 0.29) is 17.7 Å². The summed E-state index contributed by atoms with van der Waals surface area (Å²) < 4.78 is 0. The average Bonchev–Trinajstić information content (AvgIpc) is 2.47. The zero-order chi connectivity index (χ0) is 17.6. The van der Waals surface area contributed by atoms with Crippen LogP contribution in [0, 0.1) is 5.92 Å². The molecule has 0 aliphatic rings. The van der Waals surface area contributed by atoms with Gasteiger partial charge in [0.25, 0.3) is 0 Å². The Morgan fingerprint density at radius 3 is 2.13 bits per heavy atom. The first kappa shape index (κ1) is 19.1. The first-order valence-corrected chi connectivity index (χ1v) is 7.81. The van der Waals surface area contributed by atoms with Gasteiger partial charge in [-0.05, 0) is 44.6 Å². The molecule has 0 aromatic heterocycles. The second-order valence-electron chi connectivity index (χ2n) is 6.42. The van der Waals surface area contributed by atoms with Gasteiger partial charge in [0.1, 0.15) is 6.04 Å². The number of nitrogens with one attached hydrogen (secondary N) is 2. The van der Waals surface area contributed by atoms with Gasteiger partial charge in [-0.2, -0.15) is 0 Å². The Balaban J connectivity index is 2.56. The summed E-state index contributed by atoms with van der Waals surface area (Å²) in [6.45, 7) is 6.21. The summed E-state index contributed by atoms with van der Waals surface area (Å²) in [5.41, 5.74) is 7.63. The molecule has 0 unspecified atom stereocenters. The monoisotopic (exact) mass is 320 g/mol. The topological polar surface area (TPSA) is 87.5 Å². The summed E-state index contributed by atoms with van der Waals surface area (Å²) in [5, 5.41) is 5.42. The Hall–Kier alpha value is -1.92. The molecule has 6 heteroatoms. The van der Waals surface area contributed by atoms with E-state index in [9.17, 15) is 9.59 Å². The fourth-order valence-corrected chi connectivity index (χ4v) is 1.99. The lowest BCUT2D eigenvalue weighted by Crippen LogP contribution is -2.50. The summed E-state index contributed by atoms with van der Waals surface area (Å²) in [6, 6.07) is 6.38. The van der Waals surface area contributed by atoms with E-state index in [1.54, 1.807) is 6.92 Å². The average molecular weight is 320 g/mol. The third-order valence-electron chi connectivity index (χ3n) is 3.49. The molecule has 0 heterocycles. The lowest BCUT2D eigenvalue weighted by atomic mass is 10.0. The van der Waals surface area contributed by atoms with Crippen LogP contribution in [0.25, 0.3) is 0 Å². The van der Waals surface area contributed by atoms with Gasteiger partial charge < -0.3 is 21.3 Å². The molecule has 0 bridgehead atoms. The molecule has 0 saturated heterocycles. The molecule has 0 saturated carbocycles. The molecule has 1 aromatic rings. The number of hydrogen-bond donors (Lipinski definition) is 3. The summed E-state index contributed by atoms with van der Waals surface area (Å²) in [4.78, 5) is 26.1. The number of carbonyl (C=O) groups excluding carboxylic acids is 2. The van der Waals surface area contributed by atoms with E-state index < -0.39 is 12.1 Å². The maximum Gasteiger partial charge on any atom is 0.246 e. The Kier molecular flexibility index (Phi) is 7.19. The van der Waals surface area contributed by atoms with Gasteiger partial charge >= 0.3 is 0 Å². The zero-order valence-electron chi connectivity index (χ0n) is 14.6. The second-order valence-corrected chi connectivity index (χ2v) is 6.42. The summed E-state index contributed by atoms with van der Waals surface area (Å²) >= 11 is 0. The highest BCUT2D eigenvalue weighted by Crippen LogP contribution is 2.11. The highest BCUT2D eigenvalue weighted by atomic mass is 16.2. The first-order chi connectivity index (χ1) is 10.7. The maximum atomic E-state index is 12.1. The molecule has 0 aliphatic carbocycles. The van der Waals surface area contributed by atoms with Crippen LogP contribution in [0.4, 0.5) is 5.69 Å². The van der Waals surface area contributed by atoms with E-state index in [0.717, 1.165) is 12.1 Å². The van der Waals surface area contributed by atoms with Crippen LogP contribution >= 0.6 is 0 Å². The summed E-state index contributed by atoms with van der Waals surface area (Å²) in [7, 11) is 4.00. The van der Waals surface area contributed by atoms with Crippen LogP contribution in [0.2, 0.25) is 0 Å². The number of benzene rings is 1. The van der Waals surface area contributed by atoms with E-state index in [1.807, 2.05) is 52.2 Å². The SMILES string of the molecule is CC(C)[C@H](N)C(=O)N[C@@H](C)C(=O)Nc1ccc(CN(C)C)cc1. The Morgan fingerprint density at radius 2 is 1.65 bits per heavy atom. The van der Waals surface area contributed by atoms with Crippen molar-refractivity contribution in [3.8, 4) is 0 Å². The van der Waals surface area contributed by atoms with E-state index in [2.05, 4.69) is 15.5 Å². The van der Waals surface area contributed by atoms with Gasteiger partial charge in [0, 0.05) is 12.2 Å². The third kappa shape index (κ3) is 6.38. The van der Waals surface area contributed by atoms with Gasteiger partial charge in [-0.15, -0.1) is 0 Å². The Morgan fingerprint density at radius 1 is 1.09 bits per heavy atom. The van der Waals surface area contributed by atoms with Crippen molar-refractivity contribution in [3.63, 3.8) is 0 Å². The van der Waals surface area contributed by atoms with Crippen LogP contribution in [0.5, 0.6) is 0 Å². The number of anilines is 1. The number of rotatable bonds is 7. The number of nitrogens with zero attached hydrogens (tertiary/aromatic N) is 1. The van der Waals surface area contributed by atoms with E-state index >= 15 is 0 Å². The lowest BCUT2D eigenvalue weighted by molar-refractivity contribution is -0.127. The van der Waals surface area contributed by atoms with Crippen LogP contribution in [-0.4, -0.2) is 42.9 Å². The maximum absolute atomic E-state index is 12.1. The molecule has 6 nitrogen and oxygen atoms in total. The van der Waals surface area contributed by atoms with Crippen LogP contribution < -0.4 is 16.4 Å². The molecular weight excluding hydrogens is 292 g/mol. The molecule has 128 valence electrons. The number of carbonyl (C=O) groups is 2. The molecule has 4 N–H and O–H groups in total. The van der Waals surface area contributed by atoms with E-state index in [0.29, 0.717) is 5.69 Å². The summed E-state index contributed by atoms with van der Waals surface area (Å²) in [5.74, 6) is -0.562. The van der Waals surface area contributed by atoms with Crippen LogP contribution in [-0.2, 0) is 16.1 Å². The Labute approximate surface area is 138 Å². The van der Waals surface area contributed by atoms with Gasteiger partial charge in [0.2, 0.25) is 11.8 Å². The van der Waals surface area contributed by atoms with Gasteiger partial charge in [-0.3, -0.25) is 9.59 Å². The van der Waals surface area contributed by atoms with Gasteiger partial charge in [0.15, 0.2) is 0 Å². The van der Waals surface area contributed by atoms with Crippen molar-refractivity contribution in [3.05, 3.63) is 29.8 Å². The van der Waals surface area contributed by atoms with Crippen molar-refractivity contribution < 1.29 is 9.59 Å². The lowest BCUT2D eigenvalue weighted by Gasteiger charge is -2.19. The zero-order valence-corrected chi connectivity index (χ0v) is 14.6. The van der Waals surface area contributed by atoms with E-state index in [1.165, 1.54) is 0 Å². The normalized spacial score (nSPS) is 13.7. The minimum Gasteiger partial charge on any atom is -0.343 e. The molecule has 2 atom stereocenters. The van der Waals surface area contributed by atoms with Gasteiger partial charge in [-0.25, -0.2) is 0 Å². The molecule has 0 spiro atoms. The van der Waals surface area contributed by atoms with Crippen molar-refractivity contribution in [2.45, 2.75) is 39.4 Å². The van der Waals surface area contributed by atoms with Gasteiger partial charge in [-0.1, -0.05) is 26.0 Å². The molecule has 1 aromatic carbocycles. The van der Waals surface area contributed by atoms with Crippen molar-refractivity contribution in [2.75, 3.05) is 19.4 Å². The molecule has 0 aliphatic heterocycles.